The first-order valence-corrected chi connectivity index (χ1v) is 5.95. The topological polar surface area (TPSA) is 15.3 Å². The van der Waals surface area contributed by atoms with E-state index in [0.717, 1.165) is 19.4 Å². The van der Waals surface area contributed by atoms with Crippen LogP contribution < -0.4 is 5.32 Å². The van der Waals surface area contributed by atoms with Gasteiger partial charge in [0.05, 0.1) is 6.54 Å². The lowest BCUT2D eigenvalue weighted by atomic mass is 10.2. The minimum Gasteiger partial charge on any atom is -0.313 e. The van der Waals surface area contributed by atoms with Crippen LogP contribution in [0.5, 0.6) is 0 Å². The number of rotatable bonds is 8. The summed E-state index contributed by atoms with van der Waals surface area (Å²) in [5, 5.41) is 3.26. The summed E-state index contributed by atoms with van der Waals surface area (Å²) in [4.78, 5) is 1.44. The van der Waals surface area contributed by atoms with Crippen molar-refractivity contribution >= 4 is 0 Å². The Kier molecular flexibility index (Phi) is 7.76. The molecular formula is C11H23F3N2. The molecule has 5 heteroatoms. The van der Waals surface area contributed by atoms with Crippen molar-refractivity contribution in [3.63, 3.8) is 0 Å². The van der Waals surface area contributed by atoms with Gasteiger partial charge in [0.1, 0.15) is 0 Å². The largest absolute Gasteiger partial charge is 0.401 e. The van der Waals surface area contributed by atoms with E-state index >= 15 is 0 Å². The highest BCUT2D eigenvalue weighted by Gasteiger charge is 2.30. The van der Waals surface area contributed by atoms with Gasteiger partial charge in [-0.15, -0.1) is 0 Å². The summed E-state index contributed by atoms with van der Waals surface area (Å²) in [7, 11) is 0. The normalized spacial score (nSPS) is 14.4. The Morgan fingerprint density at radius 3 is 2.19 bits per heavy atom. The number of hydrogen-bond donors (Lipinski definition) is 1. The minimum atomic E-state index is -4.10. The Labute approximate surface area is 96.2 Å². The fourth-order valence-electron chi connectivity index (χ4n) is 1.56. The first-order valence-electron chi connectivity index (χ1n) is 5.95. The number of halogens is 3. The fourth-order valence-corrected chi connectivity index (χ4v) is 1.56. The van der Waals surface area contributed by atoms with Crippen LogP contribution in [-0.2, 0) is 0 Å². The molecule has 0 saturated carbocycles. The van der Waals surface area contributed by atoms with E-state index in [0.29, 0.717) is 13.1 Å². The van der Waals surface area contributed by atoms with E-state index in [1.54, 1.807) is 6.92 Å². The summed E-state index contributed by atoms with van der Waals surface area (Å²) in [5.41, 5.74) is 0. The Morgan fingerprint density at radius 2 is 1.81 bits per heavy atom. The molecule has 0 rings (SSSR count). The predicted molar refractivity (Wildman–Crippen MR) is 60.5 cm³/mol. The van der Waals surface area contributed by atoms with Gasteiger partial charge in [0, 0.05) is 12.6 Å². The van der Waals surface area contributed by atoms with Crippen LogP contribution >= 0.6 is 0 Å². The van der Waals surface area contributed by atoms with E-state index in [1.165, 1.54) is 4.90 Å². The van der Waals surface area contributed by atoms with Crippen molar-refractivity contribution in [2.24, 2.45) is 0 Å². The molecule has 0 heterocycles. The number of nitrogens with one attached hydrogen (secondary N) is 1. The highest BCUT2D eigenvalue weighted by Crippen LogP contribution is 2.16. The zero-order chi connectivity index (χ0) is 12.6. The maximum atomic E-state index is 12.2. The molecule has 0 bridgehead atoms. The second kappa shape index (κ2) is 7.90. The average molecular weight is 240 g/mol. The molecule has 0 aromatic heterocycles. The maximum Gasteiger partial charge on any atom is 0.401 e. The molecule has 0 saturated heterocycles. The first-order chi connectivity index (χ1) is 7.42. The maximum absolute atomic E-state index is 12.2. The van der Waals surface area contributed by atoms with Crippen LogP contribution in [0.3, 0.4) is 0 Å². The summed E-state index contributed by atoms with van der Waals surface area (Å²) >= 11 is 0. The number of alkyl halides is 3. The molecule has 1 N–H and O–H groups in total. The summed E-state index contributed by atoms with van der Waals surface area (Å²) in [5.74, 6) is 0. The Balaban J connectivity index is 4.06. The van der Waals surface area contributed by atoms with Gasteiger partial charge in [-0.05, 0) is 25.9 Å². The molecule has 0 aromatic rings. The van der Waals surface area contributed by atoms with Crippen LogP contribution in [-0.4, -0.2) is 43.3 Å². The molecule has 2 nitrogen and oxygen atoms in total. The number of hydrogen-bond acceptors (Lipinski definition) is 2. The third kappa shape index (κ3) is 7.93. The van der Waals surface area contributed by atoms with Crippen LogP contribution in [0, 0.1) is 0 Å². The quantitative estimate of drug-likeness (QED) is 0.701. The van der Waals surface area contributed by atoms with Gasteiger partial charge in [-0.25, -0.2) is 0 Å². The Morgan fingerprint density at radius 1 is 1.19 bits per heavy atom. The SMILES string of the molecule is CCCNC(CC)CN(CC)CC(F)(F)F. The van der Waals surface area contributed by atoms with Crippen LogP contribution in [0.4, 0.5) is 13.2 Å². The van der Waals surface area contributed by atoms with Crippen molar-refractivity contribution in [2.45, 2.75) is 45.8 Å². The molecule has 0 spiro atoms. The van der Waals surface area contributed by atoms with Gasteiger partial charge in [0.25, 0.3) is 0 Å². The van der Waals surface area contributed by atoms with Gasteiger partial charge in [0.15, 0.2) is 0 Å². The molecule has 0 aromatic carbocycles. The smallest absolute Gasteiger partial charge is 0.313 e. The first kappa shape index (κ1) is 15.7. The monoisotopic (exact) mass is 240 g/mol. The van der Waals surface area contributed by atoms with Crippen molar-refractivity contribution in [3.8, 4) is 0 Å². The Hall–Kier alpha value is -0.290. The standard InChI is InChI=1S/C11H23F3N2/c1-4-7-15-10(5-2)8-16(6-3)9-11(12,13)14/h10,15H,4-9H2,1-3H3. The highest BCUT2D eigenvalue weighted by atomic mass is 19.4. The van der Waals surface area contributed by atoms with Gasteiger partial charge < -0.3 is 5.32 Å². The summed E-state index contributed by atoms with van der Waals surface area (Å²) < 4.78 is 36.7. The third-order valence-corrected chi connectivity index (χ3v) is 2.50. The van der Waals surface area contributed by atoms with Crippen LogP contribution in [0.1, 0.15) is 33.6 Å². The molecule has 0 amide bonds. The van der Waals surface area contributed by atoms with Crippen LogP contribution in [0.2, 0.25) is 0 Å². The van der Waals surface area contributed by atoms with Crippen molar-refractivity contribution in [3.05, 3.63) is 0 Å². The Bertz CT molecular complexity index is 171. The van der Waals surface area contributed by atoms with Gasteiger partial charge in [0.2, 0.25) is 0 Å². The zero-order valence-electron chi connectivity index (χ0n) is 10.4. The molecule has 1 atom stereocenters. The minimum absolute atomic E-state index is 0.155. The van der Waals surface area contributed by atoms with Crippen LogP contribution in [0.25, 0.3) is 0 Å². The van der Waals surface area contributed by atoms with E-state index in [1.807, 2.05) is 13.8 Å². The van der Waals surface area contributed by atoms with Crippen molar-refractivity contribution in [1.29, 1.82) is 0 Å². The molecule has 98 valence electrons. The van der Waals surface area contributed by atoms with Gasteiger partial charge >= 0.3 is 6.18 Å². The van der Waals surface area contributed by atoms with Crippen LogP contribution in [0.15, 0.2) is 0 Å². The van der Waals surface area contributed by atoms with Crippen molar-refractivity contribution in [2.75, 3.05) is 26.2 Å². The average Bonchev–Trinajstić information content (AvgIpc) is 2.20. The second-order valence-electron chi connectivity index (χ2n) is 4.00. The molecule has 0 aliphatic carbocycles. The molecular weight excluding hydrogens is 217 g/mol. The number of nitrogens with zero attached hydrogens (tertiary/aromatic N) is 1. The molecule has 0 aliphatic heterocycles. The zero-order valence-corrected chi connectivity index (χ0v) is 10.4. The van der Waals surface area contributed by atoms with E-state index in [4.69, 9.17) is 0 Å². The van der Waals surface area contributed by atoms with Crippen molar-refractivity contribution in [1.82, 2.24) is 10.2 Å². The molecule has 16 heavy (non-hydrogen) atoms. The van der Waals surface area contributed by atoms with Crippen molar-refractivity contribution < 1.29 is 13.2 Å². The van der Waals surface area contributed by atoms with Gasteiger partial charge in [-0.3, -0.25) is 4.90 Å². The predicted octanol–water partition coefficient (Wildman–Crippen LogP) is 2.65. The molecule has 0 fully saturated rings. The third-order valence-electron chi connectivity index (χ3n) is 2.50. The lowest BCUT2D eigenvalue weighted by Crippen LogP contribution is -2.44. The lowest BCUT2D eigenvalue weighted by Gasteiger charge is -2.27. The lowest BCUT2D eigenvalue weighted by molar-refractivity contribution is -0.146. The van der Waals surface area contributed by atoms with Gasteiger partial charge in [-0.1, -0.05) is 20.8 Å². The van der Waals surface area contributed by atoms with E-state index < -0.39 is 12.7 Å². The summed E-state index contributed by atoms with van der Waals surface area (Å²) in [6.45, 7) is 6.76. The van der Waals surface area contributed by atoms with E-state index in [-0.39, 0.29) is 6.04 Å². The summed E-state index contributed by atoms with van der Waals surface area (Å²) in [6, 6.07) is 0.155. The summed E-state index contributed by atoms with van der Waals surface area (Å²) in [6.07, 6.45) is -2.24. The highest BCUT2D eigenvalue weighted by molar-refractivity contribution is 4.72. The van der Waals surface area contributed by atoms with E-state index in [2.05, 4.69) is 5.32 Å². The molecule has 1 unspecified atom stereocenters. The molecule has 0 aliphatic rings. The molecule has 0 radical (unpaired) electrons. The van der Waals surface area contributed by atoms with Gasteiger partial charge in [-0.2, -0.15) is 13.2 Å². The fraction of sp³-hybridized carbons (Fsp3) is 1.00. The second-order valence-corrected chi connectivity index (χ2v) is 4.00. The van der Waals surface area contributed by atoms with E-state index in [9.17, 15) is 13.2 Å². The number of likely N-dealkylation sites (N-methyl/N-ethyl adjacent to an activating group) is 1.